The lowest BCUT2D eigenvalue weighted by atomic mass is 9.98. The molecule has 1 unspecified atom stereocenters. The third kappa shape index (κ3) is 5.34. The molecular weight excluding hydrogens is 372 g/mol. The highest BCUT2D eigenvalue weighted by Gasteiger charge is 2.29. The second-order valence-corrected chi connectivity index (χ2v) is 7.12. The van der Waals surface area contributed by atoms with Crippen molar-refractivity contribution in [3.63, 3.8) is 0 Å². The van der Waals surface area contributed by atoms with E-state index in [1.54, 1.807) is 31.3 Å². The molecule has 7 nitrogen and oxygen atoms in total. The highest BCUT2D eigenvalue weighted by atomic mass is 16.5. The maximum atomic E-state index is 12.7. The van der Waals surface area contributed by atoms with Gasteiger partial charge in [-0.15, -0.1) is 0 Å². The molecule has 1 aliphatic heterocycles. The molecule has 0 radical (unpaired) electrons. The first kappa shape index (κ1) is 20.4. The largest absolute Gasteiger partial charge is 0.481 e. The lowest BCUT2D eigenvalue weighted by Crippen LogP contribution is -2.46. The minimum Gasteiger partial charge on any atom is -0.481 e. The van der Waals surface area contributed by atoms with Crippen LogP contribution in [0.25, 0.3) is 0 Å². The van der Waals surface area contributed by atoms with Crippen molar-refractivity contribution in [3.8, 4) is 11.5 Å². The van der Waals surface area contributed by atoms with Gasteiger partial charge in [-0.3, -0.25) is 14.4 Å². The second-order valence-electron chi connectivity index (χ2n) is 7.12. The lowest BCUT2D eigenvalue weighted by molar-refractivity contribution is -0.145. The van der Waals surface area contributed by atoms with E-state index in [-0.39, 0.29) is 24.9 Å². The van der Waals surface area contributed by atoms with Crippen LogP contribution in [-0.2, 0) is 9.59 Å². The van der Waals surface area contributed by atoms with Gasteiger partial charge in [0.2, 0.25) is 5.91 Å². The van der Waals surface area contributed by atoms with Crippen LogP contribution in [0.15, 0.2) is 54.6 Å². The maximum Gasteiger partial charge on any atom is 0.308 e. The van der Waals surface area contributed by atoms with Crippen LogP contribution in [0.4, 0.5) is 0 Å². The molecule has 2 amide bonds. The summed E-state index contributed by atoms with van der Waals surface area (Å²) in [6.07, 6.45) is 1.22. The summed E-state index contributed by atoms with van der Waals surface area (Å²) in [6, 6.07) is 16.0. The predicted octanol–water partition coefficient (Wildman–Crippen LogP) is 2.87. The third-order valence-corrected chi connectivity index (χ3v) is 4.90. The molecule has 3 rings (SSSR count). The average molecular weight is 396 g/mol. The molecule has 0 bridgehead atoms. The van der Waals surface area contributed by atoms with Crippen molar-refractivity contribution >= 4 is 17.8 Å². The molecule has 152 valence electrons. The number of amides is 2. The predicted molar refractivity (Wildman–Crippen MR) is 107 cm³/mol. The molecule has 7 heteroatoms. The number of aliphatic carboxylic acids is 1. The average Bonchev–Trinajstić information content (AvgIpc) is 2.74. The van der Waals surface area contributed by atoms with Gasteiger partial charge >= 0.3 is 5.97 Å². The van der Waals surface area contributed by atoms with Gasteiger partial charge < -0.3 is 19.6 Å². The summed E-state index contributed by atoms with van der Waals surface area (Å²) in [5.74, 6) is -0.782. The van der Waals surface area contributed by atoms with Crippen molar-refractivity contribution in [2.24, 2.45) is 5.92 Å². The lowest BCUT2D eigenvalue weighted by Gasteiger charge is -2.32. The fraction of sp³-hybridized carbons (Fsp3) is 0.318. The number of carbonyl (C=O) groups excluding carboxylic acids is 2. The second kappa shape index (κ2) is 9.23. The van der Waals surface area contributed by atoms with E-state index >= 15 is 0 Å². The minimum atomic E-state index is -0.887. The highest BCUT2D eigenvalue weighted by molar-refractivity contribution is 5.96. The van der Waals surface area contributed by atoms with Crippen molar-refractivity contribution in [2.75, 3.05) is 26.7 Å². The van der Waals surface area contributed by atoms with E-state index < -0.39 is 11.9 Å². The number of hydrogen-bond donors (Lipinski definition) is 1. The smallest absolute Gasteiger partial charge is 0.308 e. The number of nitrogens with zero attached hydrogens (tertiary/aromatic N) is 2. The molecular formula is C22H24N2O5. The van der Waals surface area contributed by atoms with E-state index in [2.05, 4.69) is 0 Å². The summed E-state index contributed by atoms with van der Waals surface area (Å²) in [5.41, 5.74) is 0.413. The van der Waals surface area contributed by atoms with Crippen molar-refractivity contribution in [1.82, 2.24) is 9.80 Å². The number of carbonyl (C=O) groups is 3. The highest BCUT2D eigenvalue weighted by Crippen LogP contribution is 2.22. The molecule has 1 atom stereocenters. The number of benzene rings is 2. The summed E-state index contributed by atoms with van der Waals surface area (Å²) in [6.45, 7) is 0.608. The zero-order valence-corrected chi connectivity index (χ0v) is 16.3. The molecule has 2 aromatic rings. The molecule has 1 N–H and O–H groups in total. The Morgan fingerprint density at radius 2 is 1.83 bits per heavy atom. The van der Waals surface area contributed by atoms with Gasteiger partial charge in [0.25, 0.3) is 5.91 Å². The van der Waals surface area contributed by atoms with Crippen LogP contribution in [0.3, 0.4) is 0 Å². The first-order chi connectivity index (χ1) is 13.9. The molecule has 0 aromatic heterocycles. The Labute approximate surface area is 169 Å². The first-order valence-corrected chi connectivity index (χ1v) is 9.53. The number of para-hydroxylation sites is 1. The van der Waals surface area contributed by atoms with Crippen LogP contribution in [0.1, 0.15) is 23.2 Å². The van der Waals surface area contributed by atoms with E-state index in [4.69, 9.17) is 4.74 Å². The van der Waals surface area contributed by atoms with Gasteiger partial charge in [-0.2, -0.15) is 0 Å². The van der Waals surface area contributed by atoms with E-state index in [0.717, 1.165) is 0 Å². The van der Waals surface area contributed by atoms with E-state index in [0.29, 0.717) is 36.4 Å². The van der Waals surface area contributed by atoms with E-state index in [1.807, 2.05) is 30.3 Å². The number of likely N-dealkylation sites (N-methyl/N-ethyl adjacent to an activating group) is 1. The Morgan fingerprint density at radius 1 is 1.10 bits per heavy atom. The molecule has 1 aliphatic rings. The molecule has 0 saturated carbocycles. The monoisotopic (exact) mass is 396 g/mol. The van der Waals surface area contributed by atoms with E-state index in [9.17, 15) is 19.5 Å². The quantitative estimate of drug-likeness (QED) is 0.811. The molecule has 1 heterocycles. The third-order valence-electron chi connectivity index (χ3n) is 4.90. The number of rotatable bonds is 6. The summed E-state index contributed by atoms with van der Waals surface area (Å²) in [4.78, 5) is 39.3. The van der Waals surface area contributed by atoms with Crippen LogP contribution in [-0.4, -0.2) is 59.4 Å². The normalized spacial score (nSPS) is 16.2. The molecule has 2 aromatic carbocycles. The Balaban J connectivity index is 1.61. The number of hydrogen-bond acceptors (Lipinski definition) is 4. The van der Waals surface area contributed by atoms with Gasteiger partial charge in [-0.05, 0) is 43.2 Å². The van der Waals surface area contributed by atoms with Gasteiger partial charge in [-0.25, -0.2) is 0 Å². The van der Waals surface area contributed by atoms with Gasteiger partial charge in [-0.1, -0.05) is 24.3 Å². The van der Waals surface area contributed by atoms with Gasteiger partial charge in [0.05, 0.1) is 12.5 Å². The van der Waals surface area contributed by atoms with Gasteiger partial charge in [0.1, 0.15) is 11.5 Å². The summed E-state index contributed by atoms with van der Waals surface area (Å²) in [5, 5.41) is 9.17. The van der Waals surface area contributed by atoms with Crippen molar-refractivity contribution in [3.05, 3.63) is 60.2 Å². The summed E-state index contributed by atoms with van der Waals surface area (Å²) < 4.78 is 5.76. The molecule has 1 fully saturated rings. The van der Waals surface area contributed by atoms with E-state index in [1.165, 1.54) is 9.80 Å². The summed E-state index contributed by atoms with van der Waals surface area (Å²) in [7, 11) is 1.56. The van der Waals surface area contributed by atoms with Crippen LogP contribution >= 0.6 is 0 Å². The zero-order valence-electron chi connectivity index (χ0n) is 16.3. The number of carboxylic acids is 1. The van der Waals surface area contributed by atoms with Crippen LogP contribution in [0, 0.1) is 5.92 Å². The maximum absolute atomic E-state index is 12.7. The number of ether oxygens (including phenoxy) is 1. The van der Waals surface area contributed by atoms with Gasteiger partial charge in [0.15, 0.2) is 0 Å². The van der Waals surface area contributed by atoms with Crippen molar-refractivity contribution < 1.29 is 24.2 Å². The Kier molecular flexibility index (Phi) is 6.49. The fourth-order valence-corrected chi connectivity index (χ4v) is 3.32. The van der Waals surface area contributed by atoms with Crippen LogP contribution in [0.5, 0.6) is 11.5 Å². The topological polar surface area (TPSA) is 87.2 Å². The minimum absolute atomic E-state index is 0.102. The molecule has 1 saturated heterocycles. The van der Waals surface area contributed by atoms with Gasteiger partial charge in [0, 0.05) is 25.7 Å². The standard InChI is InChI=1S/C22H24N2O5/c1-23(15-20(25)24-12-6-8-17(14-24)22(27)28)21(26)16-7-5-11-19(13-16)29-18-9-3-2-4-10-18/h2-5,7,9-11,13,17H,6,8,12,14-15H2,1H3,(H,27,28). The number of piperidine rings is 1. The number of likely N-dealkylation sites (tertiary alicyclic amines) is 1. The Bertz CT molecular complexity index is 884. The number of carboxylic acid groups (broad SMARTS) is 1. The van der Waals surface area contributed by atoms with Crippen LogP contribution in [0.2, 0.25) is 0 Å². The Hall–Kier alpha value is -3.35. The Morgan fingerprint density at radius 3 is 2.55 bits per heavy atom. The molecule has 0 spiro atoms. The first-order valence-electron chi connectivity index (χ1n) is 9.53. The summed E-state index contributed by atoms with van der Waals surface area (Å²) >= 11 is 0. The zero-order chi connectivity index (χ0) is 20.8. The SMILES string of the molecule is CN(CC(=O)N1CCCC(C(=O)O)C1)C(=O)c1cccc(Oc2ccccc2)c1. The molecule has 0 aliphatic carbocycles. The molecule has 29 heavy (non-hydrogen) atoms. The fourth-order valence-electron chi connectivity index (χ4n) is 3.32. The van der Waals surface area contributed by atoms with Crippen molar-refractivity contribution in [1.29, 1.82) is 0 Å². The van der Waals surface area contributed by atoms with Crippen molar-refractivity contribution in [2.45, 2.75) is 12.8 Å². The van der Waals surface area contributed by atoms with Crippen LogP contribution < -0.4 is 4.74 Å².